The van der Waals surface area contributed by atoms with Crippen LogP contribution in [0.4, 0.5) is 0 Å². The highest BCUT2D eigenvalue weighted by molar-refractivity contribution is 5.27. The predicted molar refractivity (Wildman–Crippen MR) is 75.9 cm³/mol. The minimum atomic E-state index is 0.393. The van der Waals surface area contributed by atoms with Gasteiger partial charge in [0.1, 0.15) is 5.75 Å². The molecule has 18 heavy (non-hydrogen) atoms. The molecule has 0 radical (unpaired) electrons. The molecule has 1 aliphatic carbocycles. The Morgan fingerprint density at radius 2 is 2.11 bits per heavy atom. The summed E-state index contributed by atoms with van der Waals surface area (Å²) in [7, 11) is 0. The van der Waals surface area contributed by atoms with Gasteiger partial charge < -0.3 is 10.4 Å². The third kappa shape index (κ3) is 4.02. The van der Waals surface area contributed by atoms with Crippen molar-refractivity contribution in [3.63, 3.8) is 0 Å². The Balaban J connectivity index is 1.94. The third-order valence-corrected chi connectivity index (χ3v) is 3.96. The maximum Gasteiger partial charge on any atom is 0.115 e. The Morgan fingerprint density at radius 3 is 2.89 bits per heavy atom. The summed E-state index contributed by atoms with van der Waals surface area (Å²) in [6.07, 6.45) is 7.75. The minimum absolute atomic E-state index is 0.393. The highest BCUT2D eigenvalue weighted by Gasteiger charge is 2.19. The van der Waals surface area contributed by atoms with Gasteiger partial charge in [-0.05, 0) is 49.4 Å². The summed E-state index contributed by atoms with van der Waals surface area (Å²) in [6.45, 7) is 3.26. The lowest BCUT2D eigenvalue weighted by Crippen LogP contribution is -2.30. The number of benzene rings is 1. The van der Waals surface area contributed by atoms with Crippen molar-refractivity contribution in [2.75, 3.05) is 6.54 Å². The number of hydrogen-bond donors (Lipinski definition) is 2. The minimum Gasteiger partial charge on any atom is -0.508 e. The van der Waals surface area contributed by atoms with Crippen LogP contribution >= 0.6 is 0 Å². The highest BCUT2D eigenvalue weighted by Crippen LogP contribution is 2.27. The monoisotopic (exact) mass is 247 g/mol. The Kier molecular flexibility index (Phi) is 5.06. The Morgan fingerprint density at radius 1 is 1.28 bits per heavy atom. The molecule has 1 aliphatic rings. The summed E-state index contributed by atoms with van der Waals surface area (Å²) in [4.78, 5) is 0. The molecule has 1 aromatic rings. The van der Waals surface area contributed by atoms with Gasteiger partial charge in [0, 0.05) is 6.04 Å². The van der Waals surface area contributed by atoms with Crippen LogP contribution in [0.25, 0.3) is 0 Å². The highest BCUT2D eigenvalue weighted by atomic mass is 16.3. The van der Waals surface area contributed by atoms with Crippen molar-refractivity contribution in [3.8, 4) is 5.75 Å². The average molecular weight is 247 g/mol. The van der Waals surface area contributed by atoms with Crippen molar-refractivity contribution < 1.29 is 5.11 Å². The summed E-state index contributed by atoms with van der Waals surface area (Å²) < 4.78 is 0. The molecule has 0 heterocycles. The molecule has 2 unspecified atom stereocenters. The molecule has 100 valence electrons. The fourth-order valence-electron chi connectivity index (χ4n) is 3.14. The molecule has 1 fully saturated rings. The maximum atomic E-state index is 9.52. The Bertz CT molecular complexity index is 364. The summed E-state index contributed by atoms with van der Waals surface area (Å²) in [5, 5.41) is 13.1. The van der Waals surface area contributed by atoms with Gasteiger partial charge in [0.05, 0.1) is 0 Å². The van der Waals surface area contributed by atoms with Gasteiger partial charge in [0.2, 0.25) is 0 Å². The van der Waals surface area contributed by atoms with Crippen molar-refractivity contribution in [1.29, 1.82) is 0 Å². The molecule has 0 aromatic heterocycles. The van der Waals surface area contributed by atoms with E-state index in [0.717, 1.165) is 18.9 Å². The SMILES string of the molecule is CCNC1CCCCC(Cc2cccc(O)c2)C1. The van der Waals surface area contributed by atoms with Crippen molar-refractivity contribution in [3.05, 3.63) is 29.8 Å². The zero-order valence-corrected chi connectivity index (χ0v) is 11.4. The average Bonchev–Trinajstić information content (AvgIpc) is 2.55. The molecule has 0 aliphatic heterocycles. The first kappa shape index (κ1) is 13.4. The lowest BCUT2D eigenvalue weighted by Gasteiger charge is -2.20. The number of phenols is 1. The quantitative estimate of drug-likeness (QED) is 0.798. The van der Waals surface area contributed by atoms with E-state index < -0.39 is 0 Å². The van der Waals surface area contributed by atoms with Crippen molar-refractivity contribution in [1.82, 2.24) is 5.32 Å². The molecule has 2 N–H and O–H groups in total. The Labute approximate surface area is 110 Å². The van der Waals surface area contributed by atoms with Gasteiger partial charge in [-0.2, -0.15) is 0 Å². The molecule has 1 saturated carbocycles. The van der Waals surface area contributed by atoms with Gasteiger partial charge in [-0.25, -0.2) is 0 Å². The lowest BCUT2D eigenvalue weighted by atomic mass is 9.91. The van der Waals surface area contributed by atoms with E-state index in [9.17, 15) is 5.11 Å². The molecule has 0 saturated heterocycles. The fourth-order valence-corrected chi connectivity index (χ4v) is 3.14. The van der Waals surface area contributed by atoms with E-state index in [1.807, 2.05) is 12.1 Å². The van der Waals surface area contributed by atoms with E-state index in [1.54, 1.807) is 6.07 Å². The zero-order chi connectivity index (χ0) is 12.8. The first-order chi connectivity index (χ1) is 8.78. The van der Waals surface area contributed by atoms with E-state index in [2.05, 4.69) is 18.3 Å². The molecule has 2 heteroatoms. The normalized spacial score (nSPS) is 24.7. The smallest absolute Gasteiger partial charge is 0.115 e. The van der Waals surface area contributed by atoms with Crippen LogP contribution in [0.3, 0.4) is 0 Å². The van der Waals surface area contributed by atoms with E-state index in [4.69, 9.17) is 0 Å². The van der Waals surface area contributed by atoms with Gasteiger partial charge in [0.15, 0.2) is 0 Å². The molecule has 1 aromatic carbocycles. The second-order valence-corrected chi connectivity index (χ2v) is 5.51. The first-order valence-electron chi connectivity index (χ1n) is 7.29. The van der Waals surface area contributed by atoms with Gasteiger partial charge in [-0.1, -0.05) is 38.3 Å². The van der Waals surface area contributed by atoms with Crippen molar-refractivity contribution in [2.45, 2.75) is 51.5 Å². The molecule has 0 spiro atoms. The van der Waals surface area contributed by atoms with Crippen LogP contribution < -0.4 is 5.32 Å². The number of nitrogens with one attached hydrogen (secondary N) is 1. The van der Waals surface area contributed by atoms with Crippen molar-refractivity contribution in [2.24, 2.45) is 5.92 Å². The Hall–Kier alpha value is -1.02. The lowest BCUT2D eigenvalue weighted by molar-refractivity contribution is 0.388. The second-order valence-electron chi connectivity index (χ2n) is 5.51. The van der Waals surface area contributed by atoms with E-state index in [1.165, 1.54) is 37.7 Å². The van der Waals surface area contributed by atoms with Crippen LogP contribution in [-0.2, 0) is 6.42 Å². The van der Waals surface area contributed by atoms with E-state index in [-0.39, 0.29) is 0 Å². The largest absolute Gasteiger partial charge is 0.508 e. The summed E-state index contributed by atoms with van der Waals surface area (Å²) in [5.41, 5.74) is 1.28. The van der Waals surface area contributed by atoms with Gasteiger partial charge in [-0.3, -0.25) is 0 Å². The van der Waals surface area contributed by atoms with Gasteiger partial charge in [-0.15, -0.1) is 0 Å². The molecule has 0 bridgehead atoms. The zero-order valence-electron chi connectivity index (χ0n) is 11.4. The fraction of sp³-hybridized carbons (Fsp3) is 0.625. The van der Waals surface area contributed by atoms with Crippen LogP contribution in [0, 0.1) is 5.92 Å². The van der Waals surface area contributed by atoms with E-state index >= 15 is 0 Å². The van der Waals surface area contributed by atoms with Crippen LogP contribution in [0.1, 0.15) is 44.6 Å². The molecular formula is C16H25NO. The summed E-state index contributed by atoms with van der Waals surface area (Å²) in [6, 6.07) is 8.43. The topological polar surface area (TPSA) is 32.3 Å². The van der Waals surface area contributed by atoms with E-state index in [0.29, 0.717) is 11.8 Å². The first-order valence-corrected chi connectivity index (χ1v) is 7.29. The summed E-state index contributed by atoms with van der Waals surface area (Å²) >= 11 is 0. The van der Waals surface area contributed by atoms with Crippen LogP contribution in [-0.4, -0.2) is 17.7 Å². The van der Waals surface area contributed by atoms with Crippen LogP contribution in [0.15, 0.2) is 24.3 Å². The molecule has 0 amide bonds. The number of phenolic OH excluding ortho intramolecular Hbond substituents is 1. The van der Waals surface area contributed by atoms with Crippen LogP contribution in [0.2, 0.25) is 0 Å². The van der Waals surface area contributed by atoms with Gasteiger partial charge in [0.25, 0.3) is 0 Å². The molecular weight excluding hydrogens is 222 g/mol. The predicted octanol–water partition coefficient (Wildman–Crippen LogP) is 3.49. The third-order valence-electron chi connectivity index (χ3n) is 3.96. The molecule has 2 nitrogen and oxygen atoms in total. The van der Waals surface area contributed by atoms with Crippen molar-refractivity contribution >= 4 is 0 Å². The number of hydrogen-bond acceptors (Lipinski definition) is 2. The second kappa shape index (κ2) is 6.79. The standard InChI is InChI=1S/C16H25NO/c1-2-17-15-8-4-3-6-13(11-15)10-14-7-5-9-16(18)12-14/h5,7,9,12-13,15,17-18H,2-4,6,8,10-11H2,1H3. The molecule has 2 rings (SSSR count). The number of rotatable bonds is 4. The maximum absolute atomic E-state index is 9.52. The number of aromatic hydroxyl groups is 1. The summed E-state index contributed by atoms with van der Waals surface area (Å²) in [5.74, 6) is 1.16. The molecule has 2 atom stereocenters. The van der Waals surface area contributed by atoms with Gasteiger partial charge >= 0.3 is 0 Å². The van der Waals surface area contributed by atoms with Crippen LogP contribution in [0.5, 0.6) is 5.75 Å².